The first-order chi connectivity index (χ1) is 10.1. The Hall–Kier alpha value is -1.46. The lowest BCUT2D eigenvalue weighted by atomic mass is 10.1. The zero-order valence-corrected chi connectivity index (χ0v) is 13.2. The van der Waals surface area contributed by atoms with Crippen LogP contribution in [0.25, 0.3) is 0 Å². The number of nitrogens with one attached hydrogen (secondary N) is 2. The van der Waals surface area contributed by atoms with Crippen LogP contribution >= 0.6 is 11.6 Å². The number of hydrogen-bond acceptors (Lipinski definition) is 3. The fourth-order valence-corrected chi connectivity index (χ4v) is 2.56. The van der Waals surface area contributed by atoms with Crippen LogP contribution in [0.4, 0.5) is 4.79 Å². The highest BCUT2D eigenvalue weighted by molar-refractivity contribution is 6.32. The van der Waals surface area contributed by atoms with Gasteiger partial charge in [-0.3, -0.25) is 0 Å². The fourth-order valence-electron chi connectivity index (χ4n) is 2.32. The van der Waals surface area contributed by atoms with Gasteiger partial charge >= 0.3 is 6.03 Å². The summed E-state index contributed by atoms with van der Waals surface area (Å²) >= 11 is 6.25. The maximum absolute atomic E-state index is 11.4. The first-order valence-corrected chi connectivity index (χ1v) is 7.68. The van der Waals surface area contributed by atoms with Crippen molar-refractivity contribution in [1.82, 2.24) is 15.5 Å². The van der Waals surface area contributed by atoms with E-state index in [1.165, 1.54) is 0 Å². The van der Waals surface area contributed by atoms with Crippen molar-refractivity contribution in [3.8, 4) is 5.75 Å². The fraction of sp³-hybridized carbons (Fsp3) is 0.533. The number of carbonyl (C=O) groups is 1. The Balaban J connectivity index is 1.87. The Morgan fingerprint density at radius 3 is 2.95 bits per heavy atom. The number of carbonyl (C=O) groups excluding carboxylic acids is 1. The lowest BCUT2D eigenvalue weighted by Gasteiger charge is -2.17. The number of nitrogens with zero attached hydrogens (tertiary/aromatic N) is 1. The van der Waals surface area contributed by atoms with Crippen LogP contribution in [-0.4, -0.2) is 43.7 Å². The van der Waals surface area contributed by atoms with Crippen LogP contribution in [0.3, 0.4) is 0 Å². The van der Waals surface area contributed by atoms with Crippen LogP contribution in [-0.2, 0) is 0 Å². The summed E-state index contributed by atoms with van der Waals surface area (Å²) in [5.41, 5.74) is 1.13. The van der Waals surface area contributed by atoms with Crippen LogP contribution in [0.15, 0.2) is 18.2 Å². The van der Waals surface area contributed by atoms with E-state index in [2.05, 4.69) is 24.5 Å². The minimum absolute atomic E-state index is 0.0282. The molecular formula is C15H22ClN3O2. The summed E-state index contributed by atoms with van der Waals surface area (Å²) in [5, 5.41) is 6.70. The SMILES string of the molecule is CCNC(C)c1ccc(OCCN2CCNC2=O)c(Cl)c1. The third-order valence-corrected chi connectivity index (χ3v) is 3.83. The first kappa shape index (κ1) is 15.9. The molecule has 1 aromatic carbocycles. The van der Waals surface area contributed by atoms with Crippen molar-refractivity contribution in [3.63, 3.8) is 0 Å². The molecule has 0 aromatic heterocycles. The van der Waals surface area contributed by atoms with Crippen molar-refractivity contribution in [2.75, 3.05) is 32.8 Å². The summed E-state index contributed by atoms with van der Waals surface area (Å²) < 4.78 is 5.67. The molecule has 116 valence electrons. The van der Waals surface area contributed by atoms with Gasteiger partial charge in [-0.25, -0.2) is 4.79 Å². The minimum Gasteiger partial charge on any atom is -0.490 e. The topological polar surface area (TPSA) is 53.6 Å². The van der Waals surface area contributed by atoms with E-state index >= 15 is 0 Å². The van der Waals surface area contributed by atoms with Gasteiger partial charge in [-0.15, -0.1) is 0 Å². The number of urea groups is 1. The molecule has 1 atom stereocenters. The molecule has 2 rings (SSSR count). The predicted molar refractivity (Wildman–Crippen MR) is 84.0 cm³/mol. The quantitative estimate of drug-likeness (QED) is 0.813. The molecule has 2 N–H and O–H groups in total. The van der Waals surface area contributed by atoms with Crippen molar-refractivity contribution in [2.24, 2.45) is 0 Å². The van der Waals surface area contributed by atoms with E-state index in [0.717, 1.165) is 18.7 Å². The summed E-state index contributed by atoms with van der Waals surface area (Å²) in [7, 11) is 0. The van der Waals surface area contributed by atoms with Gasteiger partial charge in [0.25, 0.3) is 0 Å². The highest BCUT2D eigenvalue weighted by Crippen LogP contribution is 2.27. The average molecular weight is 312 g/mol. The van der Waals surface area contributed by atoms with E-state index < -0.39 is 0 Å². The monoisotopic (exact) mass is 311 g/mol. The molecule has 1 aromatic rings. The molecule has 1 saturated heterocycles. The largest absolute Gasteiger partial charge is 0.490 e. The molecule has 1 aliphatic rings. The lowest BCUT2D eigenvalue weighted by molar-refractivity contribution is 0.202. The zero-order chi connectivity index (χ0) is 15.2. The van der Waals surface area contributed by atoms with E-state index in [-0.39, 0.29) is 12.1 Å². The molecule has 1 heterocycles. The molecule has 0 aliphatic carbocycles. The van der Waals surface area contributed by atoms with Gasteiger partial charge in [-0.05, 0) is 31.2 Å². The van der Waals surface area contributed by atoms with Gasteiger partial charge in [-0.2, -0.15) is 0 Å². The minimum atomic E-state index is -0.0282. The molecule has 1 fully saturated rings. The second-order valence-corrected chi connectivity index (χ2v) is 5.44. The summed E-state index contributed by atoms with van der Waals surface area (Å²) in [5.74, 6) is 0.656. The standard InChI is InChI=1S/C15H22ClN3O2/c1-3-17-11(2)12-4-5-14(13(16)10-12)21-9-8-19-7-6-18-15(19)20/h4-5,10-11,17H,3,6-9H2,1-2H3,(H,18,20). The Morgan fingerprint density at radius 1 is 1.52 bits per heavy atom. The third kappa shape index (κ3) is 4.25. The molecule has 0 spiro atoms. The predicted octanol–water partition coefficient (Wildman–Crippen LogP) is 2.41. The van der Waals surface area contributed by atoms with E-state index in [1.807, 2.05) is 18.2 Å². The van der Waals surface area contributed by atoms with Gasteiger partial charge in [0.05, 0.1) is 11.6 Å². The van der Waals surface area contributed by atoms with E-state index in [0.29, 0.717) is 30.5 Å². The molecule has 0 radical (unpaired) electrons. The van der Waals surface area contributed by atoms with Gasteiger partial charge in [0.1, 0.15) is 12.4 Å². The molecule has 0 saturated carbocycles. The Morgan fingerprint density at radius 2 is 2.33 bits per heavy atom. The van der Waals surface area contributed by atoms with Crippen LogP contribution in [0, 0.1) is 0 Å². The third-order valence-electron chi connectivity index (χ3n) is 3.53. The van der Waals surface area contributed by atoms with Crippen molar-refractivity contribution in [2.45, 2.75) is 19.9 Å². The number of halogens is 1. The smallest absolute Gasteiger partial charge is 0.317 e. The highest BCUT2D eigenvalue weighted by Gasteiger charge is 2.18. The molecule has 0 bridgehead atoms. The Bertz CT molecular complexity index is 496. The van der Waals surface area contributed by atoms with Gasteiger partial charge in [0, 0.05) is 19.1 Å². The molecule has 1 unspecified atom stereocenters. The number of hydrogen-bond donors (Lipinski definition) is 2. The maximum Gasteiger partial charge on any atom is 0.317 e. The Labute approximate surface area is 130 Å². The van der Waals surface area contributed by atoms with E-state index in [9.17, 15) is 4.79 Å². The van der Waals surface area contributed by atoms with Crippen molar-refractivity contribution >= 4 is 17.6 Å². The molecule has 21 heavy (non-hydrogen) atoms. The molecule has 6 heteroatoms. The number of ether oxygens (including phenoxy) is 1. The maximum atomic E-state index is 11.4. The zero-order valence-electron chi connectivity index (χ0n) is 12.5. The molecule has 5 nitrogen and oxygen atoms in total. The molecule has 2 amide bonds. The Kier molecular flexibility index (Phi) is 5.70. The van der Waals surface area contributed by atoms with E-state index in [1.54, 1.807) is 4.90 Å². The van der Waals surface area contributed by atoms with Gasteiger partial charge < -0.3 is 20.3 Å². The second kappa shape index (κ2) is 7.52. The van der Waals surface area contributed by atoms with Crippen molar-refractivity contribution in [1.29, 1.82) is 0 Å². The summed E-state index contributed by atoms with van der Waals surface area (Å²) in [6.45, 7) is 7.53. The van der Waals surface area contributed by atoms with Crippen LogP contribution in [0.5, 0.6) is 5.75 Å². The number of amides is 2. The second-order valence-electron chi connectivity index (χ2n) is 5.04. The summed E-state index contributed by atoms with van der Waals surface area (Å²) in [6, 6.07) is 6.05. The average Bonchev–Trinajstić information content (AvgIpc) is 2.86. The number of rotatable bonds is 7. The van der Waals surface area contributed by atoms with Gasteiger partial charge in [-0.1, -0.05) is 24.6 Å². The first-order valence-electron chi connectivity index (χ1n) is 7.30. The van der Waals surface area contributed by atoms with Crippen LogP contribution in [0.1, 0.15) is 25.5 Å². The van der Waals surface area contributed by atoms with Crippen LogP contribution in [0.2, 0.25) is 5.02 Å². The lowest BCUT2D eigenvalue weighted by Crippen LogP contribution is -2.31. The summed E-state index contributed by atoms with van der Waals surface area (Å²) in [4.78, 5) is 13.1. The number of benzene rings is 1. The molecular weight excluding hydrogens is 290 g/mol. The van der Waals surface area contributed by atoms with Crippen molar-refractivity contribution in [3.05, 3.63) is 28.8 Å². The normalized spacial score (nSPS) is 16.0. The molecule has 1 aliphatic heterocycles. The van der Waals surface area contributed by atoms with E-state index in [4.69, 9.17) is 16.3 Å². The van der Waals surface area contributed by atoms with Crippen LogP contribution < -0.4 is 15.4 Å². The van der Waals surface area contributed by atoms with Crippen molar-refractivity contribution < 1.29 is 9.53 Å². The highest BCUT2D eigenvalue weighted by atomic mass is 35.5. The summed E-state index contributed by atoms with van der Waals surface area (Å²) in [6.07, 6.45) is 0. The van der Waals surface area contributed by atoms with Gasteiger partial charge in [0.15, 0.2) is 0 Å². The van der Waals surface area contributed by atoms with Gasteiger partial charge in [0.2, 0.25) is 0 Å².